The van der Waals surface area contributed by atoms with E-state index in [9.17, 15) is 13.6 Å². The van der Waals surface area contributed by atoms with Crippen molar-refractivity contribution in [2.24, 2.45) is 5.92 Å². The van der Waals surface area contributed by atoms with Crippen LogP contribution in [0.3, 0.4) is 0 Å². The largest absolute Gasteiger partial charge is 0.377 e. The lowest BCUT2D eigenvalue weighted by Crippen LogP contribution is -2.30. The zero-order valence-corrected chi connectivity index (χ0v) is 15.3. The predicted molar refractivity (Wildman–Crippen MR) is 97.3 cm³/mol. The molecule has 2 fully saturated rings. The number of Topliss-reactive ketones (excluding diaryl/α,β-unsaturated/α-hetero) is 1. The number of aromatic nitrogens is 1. The first kappa shape index (κ1) is 17.9. The van der Waals surface area contributed by atoms with E-state index in [1.165, 1.54) is 0 Å². The first-order chi connectivity index (χ1) is 12.4. The molecule has 0 spiro atoms. The molecule has 1 saturated carbocycles. The number of hydrogen-bond donors (Lipinski definition) is 0. The number of nitrogens with zero attached hydrogens (tertiary/aromatic N) is 1. The summed E-state index contributed by atoms with van der Waals surface area (Å²) in [6.45, 7) is 1.28. The summed E-state index contributed by atoms with van der Waals surface area (Å²) in [7, 11) is 0. The van der Waals surface area contributed by atoms with Gasteiger partial charge in [-0.2, -0.15) is 0 Å². The zero-order chi connectivity index (χ0) is 18.3. The van der Waals surface area contributed by atoms with Crippen LogP contribution in [-0.2, 0) is 4.74 Å². The van der Waals surface area contributed by atoms with Crippen LogP contribution >= 0.6 is 11.6 Å². The van der Waals surface area contributed by atoms with Crippen molar-refractivity contribution in [1.29, 1.82) is 0 Å². The molecule has 1 aliphatic heterocycles. The Morgan fingerprint density at radius 3 is 2.65 bits per heavy atom. The maximum Gasteiger partial charge on any atom is 0.248 e. The molecule has 140 valence electrons. The van der Waals surface area contributed by atoms with Crippen LogP contribution in [0.2, 0.25) is 5.02 Å². The molecule has 0 N–H and O–H groups in total. The van der Waals surface area contributed by atoms with Gasteiger partial charge in [0.25, 0.3) is 0 Å². The van der Waals surface area contributed by atoms with Crippen LogP contribution in [-0.4, -0.2) is 29.5 Å². The summed E-state index contributed by atoms with van der Waals surface area (Å²) >= 11 is 6.39. The Hall–Kier alpha value is -1.46. The molecule has 2 aromatic rings. The molecular formula is C20H22ClF2NO2. The quantitative estimate of drug-likeness (QED) is 0.626. The van der Waals surface area contributed by atoms with Crippen LogP contribution in [0, 0.1) is 5.92 Å². The van der Waals surface area contributed by atoms with E-state index in [2.05, 4.69) is 4.57 Å². The molecule has 6 heteroatoms. The van der Waals surface area contributed by atoms with Gasteiger partial charge >= 0.3 is 0 Å². The second-order valence-electron chi connectivity index (χ2n) is 7.54. The zero-order valence-electron chi connectivity index (χ0n) is 14.5. The topological polar surface area (TPSA) is 31.2 Å². The molecule has 3 nitrogen and oxygen atoms in total. The van der Waals surface area contributed by atoms with Gasteiger partial charge in [0.05, 0.1) is 29.8 Å². The number of ether oxygens (including phenoxy) is 1. The molecule has 1 saturated heterocycles. The van der Waals surface area contributed by atoms with Crippen molar-refractivity contribution < 1.29 is 18.3 Å². The van der Waals surface area contributed by atoms with E-state index in [0.29, 0.717) is 49.5 Å². The maximum absolute atomic E-state index is 13.3. The lowest BCUT2D eigenvalue weighted by Gasteiger charge is -2.28. The Balaban J connectivity index is 1.52. The first-order valence-corrected chi connectivity index (χ1v) is 9.60. The highest BCUT2D eigenvalue weighted by Gasteiger charge is 2.35. The number of carbonyl (C=O) groups excluding carboxylic acids is 1. The average molecular weight is 382 g/mol. The summed E-state index contributed by atoms with van der Waals surface area (Å²) in [5.41, 5.74) is 1.59. The van der Waals surface area contributed by atoms with Gasteiger partial charge in [-0.05, 0) is 37.3 Å². The molecule has 2 heterocycles. The Bertz CT molecular complexity index is 819. The summed E-state index contributed by atoms with van der Waals surface area (Å²) in [4.78, 5) is 12.9. The predicted octanol–water partition coefficient (Wildman–Crippen LogP) is 5.65. The Labute approximate surface area is 156 Å². The van der Waals surface area contributed by atoms with Gasteiger partial charge in [-0.1, -0.05) is 17.7 Å². The molecule has 2 aliphatic rings. The van der Waals surface area contributed by atoms with Crippen molar-refractivity contribution in [2.45, 2.75) is 50.5 Å². The lowest BCUT2D eigenvalue weighted by atomic mass is 9.83. The fraction of sp³-hybridized carbons (Fsp3) is 0.550. The van der Waals surface area contributed by atoms with E-state index in [1.807, 2.05) is 18.3 Å². The number of hydrogen-bond acceptors (Lipinski definition) is 2. The lowest BCUT2D eigenvalue weighted by molar-refractivity contribution is -0.0464. The van der Waals surface area contributed by atoms with E-state index >= 15 is 0 Å². The van der Waals surface area contributed by atoms with Crippen LogP contribution < -0.4 is 0 Å². The Morgan fingerprint density at radius 1 is 1.27 bits per heavy atom. The maximum atomic E-state index is 13.3. The van der Waals surface area contributed by atoms with Crippen LogP contribution in [0.4, 0.5) is 8.78 Å². The normalized spacial score (nSPS) is 21.0. The highest BCUT2D eigenvalue weighted by molar-refractivity contribution is 6.37. The van der Waals surface area contributed by atoms with E-state index < -0.39 is 5.92 Å². The van der Waals surface area contributed by atoms with Crippen LogP contribution in [0.5, 0.6) is 0 Å². The molecule has 0 bridgehead atoms. The molecule has 0 radical (unpaired) electrons. The smallest absolute Gasteiger partial charge is 0.248 e. The second kappa shape index (κ2) is 6.93. The van der Waals surface area contributed by atoms with Gasteiger partial charge in [-0.15, -0.1) is 0 Å². The van der Waals surface area contributed by atoms with Crippen molar-refractivity contribution in [2.75, 3.05) is 13.2 Å². The third kappa shape index (κ3) is 3.39. The highest BCUT2D eigenvalue weighted by Crippen LogP contribution is 2.39. The minimum atomic E-state index is -2.52. The molecule has 0 unspecified atom stereocenters. The minimum Gasteiger partial charge on any atom is -0.377 e. The molecule has 1 aromatic heterocycles. The summed E-state index contributed by atoms with van der Waals surface area (Å²) < 4.78 is 33.9. The summed E-state index contributed by atoms with van der Waals surface area (Å²) in [5, 5.41) is 1.36. The number of fused-ring (bicyclic) bond motifs is 1. The average Bonchev–Trinajstić information content (AvgIpc) is 2.93. The SMILES string of the molecule is O=C(CCC1CCC(F)(F)CC1)c1cn(C2COC2)c2cccc(Cl)c12. The van der Waals surface area contributed by atoms with E-state index in [0.717, 1.165) is 10.9 Å². The third-order valence-electron chi connectivity index (χ3n) is 5.74. The van der Waals surface area contributed by atoms with Crippen LogP contribution in [0.25, 0.3) is 10.9 Å². The molecule has 1 aliphatic carbocycles. The number of benzene rings is 1. The number of alkyl halides is 2. The minimum absolute atomic E-state index is 0.0411. The van der Waals surface area contributed by atoms with Gasteiger partial charge in [0, 0.05) is 36.4 Å². The van der Waals surface area contributed by atoms with Gasteiger partial charge in [0.2, 0.25) is 5.92 Å². The Morgan fingerprint density at radius 2 is 2.00 bits per heavy atom. The molecular weight excluding hydrogens is 360 g/mol. The van der Waals surface area contributed by atoms with Gasteiger partial charge in [-0.3, -0.25) is 4.79 Å². The fourth-order valence-electron chi connectivity index (χ4n) is 4.02. The van der Waals surface area contributed by atoms with Crippen molar-refractivity contribution >= 4 is 28.3 Å². The molecule has 1 aromatic carbocycles. The number of ketones is 1. The third-order valence-corrected chi connectivity index (χ3v) is 6.05. The number of rotatable bonds is 5. The molecule has 4 rings (SSSR count). The summed E-state index contributed by atoms with van der Waals surface area (Å²) in [6, 6.07) is 5.89. The van der Waals surface area contributed by atoms with E-state index in [1.54, 1.807) is 6.07 Å². The monoisotopic (exact) mass is 381 g/mol. The van der Waals surface area contributed by atoms with Gasteiger partial charge < -0.3 is 9.30 Å². The highest BCUT2D eigenvalue weighted by atomic mass is 35.5. The molecule has 0 atom stereocenters. The van der Waals surface area contributed by atoms with Gasteiger partial charge in [-0.25, -0.2) is 8.78 Å². The molecule has 0 amide bonds. The van der Waals surface area contributed by atoms with Gasteiger partial charge in [0.1, 0.15) is 0 Å². The van der Waals surface area contributed by atoms with Crippen molar-refractivity contribution in [3.8, 4) is 0 Å². The number of carbonyl (C=O) groups is 1. The fourth-order valence-corrected chi connectivity index (χ4v) is 4.29. The number of halogens is 3. The van der Waals surface area contributed by atoms with Crippen LogP contribution in [0.15, 0.2) is 24.4 Å². The summed E-state index contributed by atoms with van der Waals surface area (Å²) in [5.74, 6) is -2.27. The standard InChI is InChI=1S/C20H22ClF2NO2/c21-16-2-1-3-17-19(16)15(10-24(17)14-11-26-12-14)18(25)5-4-13-6-8-20(22,23)9-7-13/h1-3,10,13-14H,4-9,11-12H2. The molecule has 26 heavy (non-hydrogen) atoms. The van der Waals surface area contributed by atoms with Crippen molar-refractivity contribution in [1.82, 2.24) is 4.57 Å². The van der Waals surface area contributed by atoms with Crippen molar-refractivity contribution in [3.05, 3.63) is 35.0 Å². The van der Waals surface area contributed by atoms with Crippen molar-refractivity contribution in [3.63, 3.8) is 0 Å². The Kier molecular flexibility index (Phi) is 4.78. The van der Waals surface area contributed by atoms with E-state index in [4.69, 9.17) is 16.3 Å². The van der Waals surface area contributed by atoms with E-state index in [-0.39, 0.29) is 30.6 Å². The second-order valence-corrected chi connectivity index (χ2v) is 7.94. The first-order valence-electron chi connectivity index (χ1n) is 9.22. The van der Waals surface area contributed by atoms with Gasteiger partial charge in [0.15, 0.2) is 5.78 Å². The summed E-state index contributed by atoms with van der Waals surface area (Å²) in [6.07, 6.45) is 3.82. The van der Waals surface area contributed by atoms with Crippen LogP contribution in [0.1, 0.15) is 54.9 Å².